The number of hydrogen-bond donors (Lipinski definition) is 2. The summed E-state index contributed by atoms with van der Waals surface area (Å²) in [6, 6.07) is 7.26. The van der Waals surface area contributed by atoms with Gasteiger partial charge in [0.25, 0.3) is 0 Å². The molecule has 7 nitrogen and oxygen atoms in total. The Hall–Kier alpha value is -3.10. The fourth-order valence-corrected chi connectivity index (χ4v) is 4.00. The van der Waals surface area contributed by atoms with Crippen LogP contribution in [0.2, 0.25) is 5.02 Å². The highest BCUT2D eigenvalue weighted by atomic mass is 35.5. The van der Waals surface area contributed by atoms with Gasteiger partial charge in [0, 0.05) is 39.8 Å². The topological polar surface area (TPSA) is 89.1 Å². The summed E-state index contributed by atoms with van der Waals surface area (Å²) < 4.78 is 10.6. The number of ether oxygens (including phenoxy) is 2. The van der Waals surface area contributed by atoms with E-state index in [2.05, 4.69) is 20.3 Å². The molecule has 4 aromatic rings. The van der Waals surface area contributed by atoms with Crippen LogP contribution in [0.3, 0.4) is 0 Å². The van der Waals surface area contributed by atoms with Crippen molar-refractivity contribution in [2.45, 2.75) is 6.42 Å². The van der Waals surface area contributed by atoms with E-state index in [1.165, 1.54) is 11.3 Å². The van der Waals surface area contributed by atoms with Gasteiger partial charge in [-0.05, 0) is 23.8 Å². The molecule has 28 heavy (non-hydrogen) atoms. The molecular formula is C19H13ClN4O3S. The highest BCUT2D eigenvalue weighted by Gasteiger charge is 2.18. The number of fused-ring (bicyclic) bond motifs is 2. The Morgan fingerprint density at radius 1 is 1.32 bits per heavy atom. The molecule has 1 aromatic carbocycles. The zero-order chi connectivity index (χ0) is 19.1. The lowest BCUT2D eigenvalue weighted by Crippen LogP contribution is -2.14. The molecule has 9 heteroatoms. The van der Waals surface area contributed by atoms with Crippen LogP contribution in [-0.4, -0.2) is 27.7 Å². The second-order valence-corrected chi connectivity index (χ2v) is 7.43. The molecule has 0 atom stereocenters. The van der Waals surface area contributed by atoms with Gasteiger partial charge in [-0.1, -0.05) is 11.6 Å². The Morgan fingerprint density at radius 3 is 3.07 bits per heavy atom. The molecule has 1 aliphatic heterocycles. The lowest BCUT2D eigenvalue weighted by molar-refractivity contribution is -0.115. The van der Waals surface area contributed by atoms with Gasteiger partial charge in [0.05, 0.1) is 12.1 Å². The van der Waals surface area contributed by atoms with Crippen molar-refractivity contribution < 1.29 is 14.3 Å². The van der Waals surface area contributed by atoms with E-state index in [9.17, 15) is 4.79 Å². The Morgan fingerprint density at radius 2 is 2.18 bits per heavy atom. The van der Waals surface area contributed by atoms with Crippen LogP contribution in [-0.2, 0) is 11.2 Å². The third kappa shape index (κ3) is 3.06. The Balaban J connectivity index is 1.33. The van der Waals surface area contributed by atoms with Gasteiger partial charge < -0.3 is 19.8 Å². The summed E-state index contributed by atoms with van der Waals surface area (Å²) in [5.41, 5.74) is 3.19. The van der Waals surface area contributed by atoms with E-state index in [0.717, 1.165) is 22.3 Å². The van der Waals surface area contributed by atoms with Crippen molar-refractivity contribution in [2.24, 2.45) is 0 Å². The lowest BCUT2D eigenvalue weighted by Gasteiger charge is -2.06. The molecule has 0 aliphatic carbocycles. The summed E-state index contributed by atoms with van der Waals surface area (Å²) in [5, 5.41) is 6.70. The highest BCUT2D eigenvalue weighted by Crippen LogP contribution is 2.37. The van der Waals surface area contributed by atoms with E-state index in [1.54, 1.807) is 18.3 Å². The van der Waals surface area contributed by atoms with Crippen molar-refractivity contribution >= 4 is 45.0 Å². The van der Waals surface area contributed by atoms with Crippen molar-refractivity contribution in [3.8, 4) is 22.8 Å². The summed E-state index contributed by atoms with van der Waals surface area (Å²) in [5.74, 6) is 0.978. The molecule has 0 spiro atoms. The second-order valence-electron chi connectivity index (χ2n) is 6.16. The van der Waals surface area contributed by atoms with Crippen LogP contribution in [0.15, 0.2) is 42.0 Å². The summed E-state index contributed by atoms with van der Waals surface area (Å²) >= 11 is 7.61. The van der Waals surface area contributed by atoms with Gasteiger partial charge >= 0.3 is 0 Å². The fourth-order valence-electron chi connectivity index (χ4n) is 3.05. The molecule has 4 heterocycles. The lowest BCUT2D eigenvalue weighted by atomic mass is 10.1. The number of anilines is 1. The van der Waals surface area contributed by atoms with Crippen molar-refractivity contribution in [3.05, 3.63) is 52.6 Å². The van der Waals surface area contributed by atoms with Crippen LogP contribution in [0, 0.1) is 0 Å². The zero-order valence-corrected chi connectivity index (χ0v) is 15.9. The van der Waals surface area contributed by atoms with E-state index in [0.29, 0.717) is 27.2 Å². The van der Waals surface area contributed by atoms with Gasteiger partial charge in [-0.3, -0.25) is 4.79 Å². The SMILES string of the molecule is O=C(Cc1cc2c(cc1Cl)OCO2)Nc1nc(-c2c[nH]c3ncccc23)cs1. The van der Waals surface area contributed by atoms with Gasteiger partial charge in [-0.25, -0.2) is 9.97 Å². The van der Waals surface area contributed by atoms with Gasteiger partial charge in [-0.2, -0.15) is 0 Å². The number of benzene rings is 1. The molecule has 0 saturated carbocycles. The van der Waals surface area contributed by atoms with Crippen molar-refractivity contribution in [3.63, 3.8) is 0 Å². The molecule has 0 radical (unpaired) electrons. The molecular weight excluding hydrogens is 400 g/mol. The molecule has 140 valence electrons. The van der Waals surface area contributed by atoms with Crippen LogP contribution in [0.25, 0.3) is 22.3 Å². The van der Waals surface area contributed by atoms with E-state index in [1.807, 2.05) is 23.7 Å². The molecule has 0 unspecified atom stereocenters. The monoisotopic (exact) mass is 412 g/mol. The van der Waals surface area contributed by atoms with Crippen LogP contribution in [0.4, 0.5) is 5.13 Å². The first-order valence-corrected chi connectivity index (χ1v) is 9.69. The minimum absolute atomic E-state index is 0.112. The standard InChI is InChI=1S/C19H13ClN4O3S/c20-13-6-16-15(26-9-27-16)4-10(13)5-17(25)24-19-23-14(8-28-19)12-7-22-18-11(12)2-1-3-21-18/h1-4,6-8H,5,9H2,(H,21,22)(H,23,24,25). The first-order valence-electron chi connectivity index (χ1n) is 8.43. The number of nitrogens with one attached hydrogen (secondary N) is 2. The van der Waals surface area contributed by atoms with E-state index in [4.69, 9.17) is 21.1 Å². The minimum Gasteiger partial charge on any atom is -0.454 e. The Bertz CT molecular complexity index is 1200. The zero-order valence-electron chi connectivity index (χ0n) is 14.4. The first-order chi connectivity index (χ1) is 13.7. The maximum atomic E-state index is 12.5. The van der Waals surface area contributed by atoms with Crippen molar-refractivity contribution in [1.82, 2.24) is 15.0 Å². The normalized spacial score (nSPS) is 12.5. The molecule has 5 rings (SSSR count). The maximum Gasteiger partial charge on any atom is 0.231 e. The first kappa shape index (κ1) is 17.0. The Kier molecular flexibility index (Phi) is 4.14. The average molecular weight is 413 g/mol. The molecule has 3 aromatic heterocycles. The third-order valence-corrected chi connectivity index (χ3v) is 5.48. The van der Waals surface area contributed by atoms with Crippen molar-refractivity contribution in [1.29, 1.82) is 0 Å². The summed E-state index contributed by atoms with van der Waals surface area (Å²) in [4.78, 5) is 24.4. The number of rotatable bonds is 4. The van der Waals surface area contributed by atoms with Gasteiger partial charge in [-0.15, -0.1) is 11.3 Å². The van der Waals surface area contributed by atoms with Crippen LogP contribution < -0.4 is 14.8 Å². The molecule has 0 bridgehead atoms. The summed E-state index contributed by atoms with van der Waals surface area (Å²) in [7, 11) is 0. The number of halogens is 1. The van der Waals surface area contributed by atoms with Crippen LogP contribution in [0.1, 0.15) is 5.56 Å². The number of H-pyrrole nitrogens is 1. The van der Waals surface area contributed by atoms with Crippen molar-refractivity contribution in [2.75, 3.05) is 12.1 Å². The van der Waals surface area contributed by atoms with E-state index < -0.39 is 0 Å². The number of thiazole rings is 1. The fraction of sp³-hybridized carbons (Fsp3) is 0.105. The number of carbonyl (C=O) groups is 1. The number of carbonyl (C=O) groups excluding carboxylic acids is 1. The van der Waals surface area contributed by atoms with E-state index in [-0.39, 0.29) is 19.1 Å². The minimum atomic E-state index is -0.206. The molecule has 0 saturated heterocycles. The number of nitrogens with zero attached hydrogens (tertiary/aromatic N) is 2. The third-order valence-electron chi connectivity index (χ3n) is 4.37. The number of aromatic nitrogens is 3. The highest BCUT2D eigenvalue weighted by molar-refractivity contribution is 7.14. The predicted molar refractivity (Wildman–Crippen MR) is 107 cm³/mol. The second kappa shape index (κ2) is 6.81. The van der Waals surface area contributed by atoms with Gasteiger partial charge in [0.15, 0.2) is 16.6 Å². The summed E-state index contributed by atoms with van der Waals surface area (Å²) in [6.07, 6.45) is 3.71. The number of hydrogen-bond acceptors (Lipinski definition) is 6. The molecule has 0 fully saturated rings. The van der Waals surface area contributed by atoms with Gasteiger partial charge in [0.2, 0.25) is 12.7 Å². The Labute approximate surface area is 168 Å². The number of pyridine rings is 1. The largest absolute Gasteiger partial charge is 0.454 e. The van der Waals surface area contributed by atoms with Crippen LogP contribution >= 0.6 is 22.9 Å². The summed E-state index contributed by atoms with van der Waals surface area (Å²) in [6.45, 7) is 0.159. The maximum absolute atomic E-state index is 12.5. The predicted octanol–water partition coefficient (Wildman–Crippen LogP) is 4.25. The number of aromatic amines is 1. The quantitative estimate of drug-likeness (QED) is 0.523. The molecule has 1 amide bonds. The number of amides is 1. The average Bonchev–Trinajstić information content (AvgIpc) is 3.41. The van der Waals surface area contributed by atoms with E-state index >= 15 is 0 Å². The van der Waals surface area contributed by atoms with Crippen LogP contribution in [0.5, 0.6) is 11.5 Å². The van der Waals surface area contributed by atoms with Gasteiger partial charge in [0.1, 0.15) is 5.65 Å². The molecule has 2 N–H and O–H groups in total. The smallest absolute Gasteiger partial charge is 0.231 e. The molecule has 1 aliphatic rings.